The van der Waals surface area contributed by atoms with Crippen molar-refractivity contribution in [2.45, 2.75) is 45.7 Å². The molecule has 1 aromatic rings. The predicted octanol–water partition coefficient (Wildman–Crippen LogP) is -0.0322. The Morgan fingerprint density at radius 1 is 1.00 bits per heavy atom. The zero-order valence-electron chi connectivity index (χ0n) is 15.5. The van der Waals surface area contributed by atoms with Crippen molar-refractivity contribution in [3.8, 4) is 0 Å². The Morgan fingerprint density at radius 2 is 1.81 bits per heavy atom. The Kier molecular flexibility index (Phi) is 6.43. The summed E-state index contributed by atoms with van der Waals surface area (Å²) in [7, 11) is 0. The molecule has 0 spiro atoms. The predicted molar refractivity (Wildman–Crippen MR) is 96.5 cm³/mol. The van der Waals surface area contributed by atoms with Crippen molar-refractivity contribution in [3.05, 3.63) is 11.6 Å². The van der Waals surface area contributed by atoms with Crippen molar-refractivity contribution in [2.75, 3.05) is 39.3 Å². The van der Waals surface area contributed by atoms with Crippen LogP contribution >= 0.6 is 0 Å². The molecule has 9 nitrogen and oxygen atoms in total. The maximum atomic E-state index is 12.4. The van der Waals surface area contributed by atoms with E-state index < -0.39 is 0 Å². The van der Waals surface area contributed by atoms with E-state index in [2.05, 4.69) is 30.3 Å². The van der Waals surface area contributed by atoms with Crippen LogP contribution in [0.15, 0.2) is 0 Å². The highest BCUT2D eigenvalue weighted by Crippen LogP contribution is 2.14. The van der Waals surface area contributed by atoms with Crippen LogP contribution in [0.1, 0.15) is 37.8 Å². The van der Waals surface area contributed by atoms with Crippen LogP contribution < -0.4 is 10.6 Å². The summed E-state index contributed by atoms with van der Waals surface area (Å²) in [6.45, 7) is 6.98. The first kappa shape index (κ1) is 18.6. The molecule has 3 heterocycles. The molecule has 2 aliphatic rings. The molecule has 0 unspecified atom stereocenters. The number of nitrogens with one attached hydrogen (secondary N) is 2. The molecule has 0 saturated carbocycles. The van der Waals surface area contributed by atoms with E-state index in [9.17, 15) is 9.59 Å². The van der Waals surface area contributed by atoms with Crippen LogP contribution in [0, 0.1) is 0 Å². The highest BCUT2D eigenvalue weighted by Gasteiger charge is 2.23. The molecule has 9 heteroatoms. The molecule has 1 saturated heterocycles. The van der Waals surface area contributed by atoms with Gasteiger partial charge in [0.05, 0.1) is 13.1 Å². The molecule has 26 heavy (non-hydrogen) atoms. The summed E-state index contributed by atoms with van der Waals surface area (Å²) in [5.41, 5.74) is 0. The zero-order valence-corrected chi connectivity index (χ0v) is 15.5. The van der Waals surface area contributed by atoms with Gasteiger partial charge in [0, 0.05) is 45.7 Å². The second-order valence-corrected chi connectivity index (χ2v) is 6.87. The fraction of sp³-hybridized carbons (Fsp3) is 0.765. The van der Waals surface area contributed by atoms with Gasteiger partial charge < -0.3 is 20.1 Å². The summed E-state index contributed by atoms with van der Waals surface area (Å²) in [6, 6.07) is -0.0753. The van der Waals surface area contributed by atoms with Crippen LogP contribution in [0.2, 0.25) is 0 Å². The second kappa shape index (κ2) is 8.98. The largest absolute Gasteiger partial charge is 0.355 e. The maximum absolute atomic E-state index is 12.4. The number of fused-ring (bicyclic) bond motifs is 1. The number of hydrogen-bond acceptors (Lipinski definition) is 5. The molecule has 1 aromatic heterocycles. The van der Waals surface area contributed by atoms with Gasteiger partial charge in [-0.2, -0.15) is 0 Å². The number of hydrogen-bond donors (Lipinski definition) is 2. The van der Waals surface area contributed by atoms with Gasteiger partial charge in [-0.05, 0) is 19.8 Å². The monoisotopic (exact) mass is 363 g/mol. The third-order valence-corrected chi connectivity index (χ3v) is 4.98. The Morgan fingerprint density at radius 3 is 2.58 bits per heavy atom. The third-order valence-electron chi connectivity index (χ3n) is 4.98. The molecule has 2 N–H and O–H groups in total. The van der Waals surface area contributed by atoms with E-state index in [1.807, 2.05) is 6.92 Å². The number of likely N-dealkylation sites (N-methyl/N-ethyl adjacent to an activating group) is 1. The SMILES string of the molecule is CCNC(=O)CN1CCN(C(=O)NCc2nnc3n2CCCCC3)CC1. The van der Waals surface area contributed by atoms with Crippen molar-refractivity contribution < 1.29 is 9.59 Å². The zero-order chi connectivity index (χ0) is 18.4. The molecule has 0 atom stereocenters. The minimum atomic E-state index is -0.0753. The van der Waals surface area contributed by atoms with Gasteiger partial charge in [-0.3, -0.25) is 9.69 Å². The van der Waals surface area contributed by atoms with E-state index in [0.717, 1.165) is 37.5 Å². The standard InChI is InChI=1S/C17H29N7O2/c1-2-18-16(25)13-22-8-10-23(11-9-22)17(26)19-12-15-21-20-14-6-4-3-5-7-24(14)15/h2-13H2,1H3,(H,18,25)(H,19,26). The lowest BCUT2D eigenvalue weighted by Crippen LogP contribution is -2.53. The number of carbonyl (C=O) groups excluding carboxylic acids is 2. The minimum absolute atomic E-state index is 0.0397. The van der Waals surface area contributed by atoms with Crippen molar-refractivity contribution in [1.29, 1.82) is 0 Å². The topological polar surface area (TPSA) is 95.4 Å². The van der Waals surface area contributed by atoms with Crippen LogP contribution in [-0.2, 0) is 24.3 Å². The smallest absolute Gasteiger partial charge is 0.317 e. The van der Waals surface area contributed by atoms with Crippen molar-refractivity contribution in [2.24, 2.45) is 0 Å². The molecule has 0 radical (unpaired) electrons. The van der Waals surface area contributed by atoms with E-state index >= 15 is 0 Å². The fourth-order valence-electron chi connectivity index (χ4n) is 3.51. The van der Waals surface area contributed by atoms with Gasteiger partial charge in [0.15, 0.2) is 5.82 Å². The van der Waals surface area contributed by atoms with Gasteiger partial charge >= 0.3 is 6.03 Å². The Bertz CT molecular complexity index is 623. The number of aromatic nitrogens is 3. The number of urea groups is 1. The van der Waals surface area contributed by atoms with Crippen LogP contribution in [0.3, 0.4) is 0 Å². The molecule has 2 aliphatic heterocycles. The average Bonchev–Trinajstić information content (AvgIpc) is 2.86. The second-order valence-electron chi connectivity index (χ2n) is 6.87. The summed E-state index contributed by atoms with van der Waals surface area (Å²) in [5.74, 6) is 1.91. The quantitative estimate of drug-likeness (QED) is 0.766. The number of amides is 3. The van der Waals surface area contributed by atoms with E-state index in [4.69, 9.17) is 0 Å². The normalized spacial score (nSPS) is 18.1. The summed E-state index contributed by atoms with van der Waals surface area (Å²) in [6.07, 6.45) is 4.48. The van der Waals surface area contributed by atoms with Gasteiger partial charge in [0.25, 0.3) is 0 Å². The van der Waals surface area contributed by atoms with E-state index in [-0.39, 0.29) is 11.9 Å². The van der Waals surface area contributed by atoms with Crippen LogP contribution in [0.4, 0.5) is 4.79 Å². The van der Waals surface area contributed by atoms with Gasteiger partial charge in [-0.15, -0.1) is 10.2 Å². The lowest BCUT2D eigenvalue weighted by atomic mass is 10.2. The van der Waals surface area contributed by atoms with Crippen LogP contribution in [-0.4, -0.2) is 75.8 Å². The summed E-state index contributed by atoms with van der Waals surface area (Å²) >= 11 is 0. The van der Waals surface area contributed by atoms with E-state index in [1.165, 1.54) is 6.42 Å². The lowest BCUT2D eigenvalue weighted by molar-refractivity contribution is -0.122. The van der Waals surface area contributed by atoms with Gasteiger partial charge in [-0.1, -0.05) is 6.42 Å². The van der Waals surface area contributed by atoms with Crippen molar-refractivity contribution in [3.63, 3.8) is 0 Å². The van der Waals surface area contributed by atoms with E-state index in [1.54, 1.807) is 4.90 Å². The molecule has 0 aromatic carbocycles. The maximum Gasteiger partial charge on any atom is 0.317 e. The molecular formula is C17H29N7O2. The lowest BCUT2D eigenvalue weighted by Gasteiger charge is -2.34. The molecule has 1 fully saturated rings. The van der Waals surface area contributed by atoms with Gasteiger partial charge in [0.1, 0.15) is 5.82 Å². The molecule has 0 bridgehead atoms. The highest BCUT2D eigenvalue weighted by molar-refractivity contribution is 5.78. The molecule has 3 rings (SSSR count). The average molecular weight is 363 g/mol. The van der Waals surface area contributed by atoms with E-state index in [0.29, 0.717) is 45.8 Å². The molecule has 0 aliphatic carbocycles. The fourth-order valence-corrected chi connectivity index (χ4v) is 3.51. The van der Waals surface area contributed by atoms with Gasteiger partial charge in [0.2, 0.25) is 5.91 Å². The minimum Gasteiger partial charge on any atom is -0.355 e. The summed E-state index contributed by atoms with van der Waals surface area (Å²) in [4.78, 5) is 27.9. The molecule has 144 valence electrons. The first-order chi connectivity index (χ1) is 12.7. The Labute approximate surface area is 154 Å². The van der Waals surface area contributed by atoms with Crippen molar-refractivity contribution >= 4 is 11.9 Å². The summed E-state index contributed by atoms with van der Waals surface area (Å²) < 4.78 is 2.15. The first-order valence-corrected chi connectivity index (χ1v) is 9.60. The third kappa shape index (κ3) is 4.72. The van der Waals surface area contributed by atoms with Crippen molar-refractivity contribution in [1.82, 2.24) is 35.2 Å². The van der Waals surface area contributed by atoms with Gasteiger partial charge in [-0.25, -0.2) is 4.79 Å². The highest BCUT2D eigenvalue weighted by atomic mass is 16.2. The van der Waals surface area contributed by atoms with Crippen LogP contribution in [0.25, 0.3) is 0 Å². The Balaban J connectivity index is 1.44. The summed E-state index contributed by atoms with van der Waals surface area (Å²) in [5, 5.41) is 14.3. The molecular weight excluding hydrogens is 334 g/mol. The van der Waals surface area contributed by atoms with Crippen LogP contribution in [0.5, 0.6) is 0 Å². The number of piperazine rings is 1. The number of carbonyl (C=O) groups is 2. The number of aryl methyl sites for hydroxylation is 1. The number of nitrogens with zero attached hydrogens (tertiary/aromatic N) is 5. The first-order valence-electron chi connectivity index (χ1n) is 9.60. The Hall–Kier alpha value is -2.16. The molecule has 3 amide bonds. The number of rotatable bonds is 5.